The Morgan fingerprint density at radius 3 is 2.86 bits per heavy atom. The number of nitrogens with zero attached hydrogens (tertiary/aromatic N) is 3. The highest BCUT2D eigenvalue weighted by Gasteiger charge is 2.22. The van der Waals surface area contributed by atoms with Gasteiger partial charge in [-0.15, -0.1) is 0 Å². The first-order valence-electron chi connectivity index (χ1n) is 7.02. The van der Waals surface area contributed by atoms with Crippen LogP contribution in [0.1, 0.15) is 24.1 Å². The first kappa shape index (κ1) is 13.4. The molecule has 0 bridgehead atoms. The molecule has 2 aromatic rings. The SMILES string of the molecule is N#Cc1nccnc1NCc1ccccc1OCC1CC1. The Balaban J connectivity index is 1.68. The van der Waals surface area contributed by atoms with Gasteiger partial charge in [-0.05, 0) is 24.8 Å². The lowest BCUT2D eigenvalue weighted by Gasteiger charge is -2.12. The molecule has 1 N–H and O–H groups in total. The first-order valence-corrected chi connectivity index (χ1v) is 7.02. The van der Waals surface area contributed by atoms with Crippen molar-refractivity contribution in [3.8, 4) is 11.8 Å². The number of ether oxygens (including phenoxy) is 1. The van der Waals surface area contributed by atoms with Crippen LogP contribution in [-0.2, 0) is 6.54 Å². The van der Waals surface area contributed by atoms with Crippen molar-refractivity contribution >= 4 is 5.82 Å². The van der Waals surface area contributed by atoms with E-state index in [0.717, 1.165) is 23.8 Å². The van der Waals surface area contributed by atoms with Crippen LogP contribution in [0.4, 0.5) is 5.82 Å². The lowest BCUT2D eigenvalue weighted by molar-refractivity contribution is 0.297. The van der Waals surface area contributed by atoms with Gasteiger partial charge in [0.1, 0.15) is 11.8 Å². The minimum absolute atomic E-state index is 0.300. The van der Waals surface area contributed by atoms with Crippen molar-refractivity contribution in [2.45, 2.75) is 19.4 Å². The van der Waals surface area contributed by atoms with E-state index in [1.54, 1.807) is 6.20 Å². The van der Waals surface area contributed by atoms with Crippen LogP contribution in [0, 0.1) is 17.2 Å². The lowest BCUT2D eigenvalue weighted by atomic mass is 10.2. The summed E-state index contributed by atoms with van der Waals surface area (Å²) in [5.74, 6) is 2.10. The van der Waals surface area contributed by atoms with E-state index in [1.165, 1.54) is 19.0 Å². The van der Waals surface area contributed by atoms with Crippen LogP contribution in [0.25, 0.3) is 0 Å². The Morgan fingerprint density at radius 1 is 1.24 bits per heavy atom. The van der Waals surface area contributed by atoms with Crippen LogP contribution >= 0.6 is 0 Å². The number of nitrogens with one attached hydrogen (secondary N) is 1. The number of nitriles is 1. The molecule has 1 aromatic carbocycles. The van der Waals surface area contributed by atoms with Gasteiger partial charge in [0.2, 0.25) is 0 Å². The third-order valence-corrected chi connectivity index (χ3v) is 3.39. The Hall–Kier alpha value is -2.61. The average Bonchev–Trinajstić information content (AvgIpc) is 3.36. The minimum atomic E-state index is 0.300. The fourth-order valence-electron chi connectivity index (χ4n) is 2.01. The van der Waals surface area contributed by atoms with Crippen LogP contribution in [0.5, 0.6) is 5.75 Å². The third kappa shape index (κ3) is 3.48. The molecular weight excluding hydrogens is 264 g/mol. The molecule has 0 aliphatic heterocycles. The molecule has 5 nitrogen and oxygen atoms in total. The predicted octanol–water partition coefficient (Wildman–Crippen LogP) is 2.75. The highest BCUT2D eigenvalue weighted by atomic mass is 16.5. The first-order chi connectivity index (χ1) is 10.4. The molecule has 1 aromatic heterocycles. The molecule has 1 aliphatic rings. The van der Waals surface area contributed by atoms with E-state index in [-0.39, 0.29) is 0 Å². The molecule has 1 saturated carbocycles. The summed E-state index contributed by atoms with van der Waals surface area (Å²) in [6, 6.07) is 9.95. The van der Waals surface area contributed by atoms with Gasteiger partial charge >= 0.3 is 0 Å². The van der Waals surface area contributed by atoms with Crippen molar-refractivity contribution < 1.29 is 4.74 Å². The summed E-state index contributed by atoms with van der Waals surface area (Å²) < 4.78 is 5.87. The predicted molar refractivity (Wildman–Crippen MR) is 78.7 cm³/mol. The van der Waals surface area contributed by atoms with Gasteiger partial charge in [0, 0.05) is 24.5 Å². The van der Waals surface area contributed by atoms with Crippen LogP contribution in [0.2, 0.25) is 0 Å². The smallest absolute Gasteiger partial charge is 0.182 e. The maximum atomic E-state index is 9.01. The number of aromatic nitrogens is 2. The quantitative estimate of drug-likeness (QED) is 0.881. The molecule has 106 valence electrons. The topological polar surface area (TPSA) is 70.8 Å². The van der Waals surface area contributed by atoms with Gasteiger partial charge in [-0.2, -0.15) is 5.26 Å². The van der Waals surface area contributed by atoms with Crippen molar-refractivity contribution in [1.29, 1.82) is 5.26 Å². The van der Waals surface area contributed by atoms with Gasteiger partial charge in [0.15, 0.2) is 11.5 Å². The summed E-state index contributed by atoms with van der Waals surface area (Å²) in [5.41, 5.74) is 1.35. The molecule has 3 rings (SSSR count). The number of hydrogen-bond donors (Lipinski definition) is 1. The summed E-state index contributed by atoms with van der Waals surface area (Å²) >= 11 is 0. The van der Waals surface area contributed by atoms with Crippen molar-refractivity contribution in [3.63, 3.8) is 0 Å². The Morgan fingerprint density at radius 2 is 2.05 bits per heavy atom. The standard InChI is InChI=1S/C16H16N4O/c17-9-14-16(19-8-7-18-14)20-10-13-3-1-2-4-15(13)21-11-12-5-6-12/h1-4,7-8,12H,5-6,10-11H2,(H,19,20). The second kappa shape index (κ2) is 6.23. The molecule has 1 heterocycles. The second-order valence-corrected chi connectivity index (χ2v) is 5.08. The number of anilines is 1. The number of hydrogen-bond acceptors (Lipinski definition) is 5. The Labute approximate surface area is 123 Å². The van der Waals surface area contributed by atoms with Gasteiger partial charge in [-0.3, -0.25) is 0 Å². The monoisotopic (exact) mass is 280 g/mol. The van der Waals surface area contributed by atoms with Gasteiger partial charge in [0.05, 0.1) is 6.61 Å². The highest BCUT2D eigenvalue weighted by molar-refractivity contribution is 5.48. The largest absolute Gasteiger partial charge is 0.493 e. The molecule has 0 unspecified atom stereocenters. The number of para-hydroxylation sites is 1. The van der Waals surface area contributed by atoms with Crippen molar-refractivity contribution in [1.82, 2.24) is 9.97 Å². The van der Waals surface area contributed by atoms with E-state index in [9.17, 15) is 0 Å². The summed E-state index contributed by atoms with van der Waals surface area (Å²) in [6.07, 6.45) is 5.62. The van der Waals surface area contributed by atoms with Crippen molar-refractivity contribution in [2.24, 2.45) is 5.92 Å². The van der Waals surface area contributed by atoms with Gasteiger partial charge < -0.3 is 10.1 Å². The van der Waals surface area contributed by atoms with E-state index >= 15 is 0 Å². The summed E-state index contributed by atoms with van der Waals surface area (Å²) in [6.45, 7) is 1.33. The molecular formula is C16H16N4O. The molecule has 21 heavy (non-hydrogen) atoms. The molecule has 0 saturated heterocycles. The van der Waals surface area contributed by atoms with Gasteiger partial charge in [0.25, 0.3) is 0 Å². The van der Waals surface area contributed by atoms with E-state index in [0.29, 0.717) is 18.1 Å². The Bertz CT molecular complexity index is 661. The molecule has 1 fully saturated rings. The zero-order chi connectivity index (χ0) is 14.5. The summed E-state index contributed by atoms with van der Waals surface area (Å²) in [7, 11) is 0. The summed E-state index contributed by atoms with van der Waals surface area (Å²) in [4.78, 5) is 8.12. The average molecular weight is 280 g/mol. The molecule has 0 radical (unpaired) electrons. The normalized spacial score (nSPS) is 13.5. The second-order valence-electron chi connectivity index (χ2n) is 5.08. The minimum Gasteiger partial charge on any atom is -0.493 e. The van der Waals surface area contributed by atoms with E-state index in [4.69, 9.17) is 10.00 Å². The van der Waals surface area contributed by atoms with E-state index in [1.807, 2.05) is 30.3 Å². The highest BCUT2D eigenvalue weighted by Crippen LogP contribution is 2.30. The van der Waals surface area contributed by atoms with Crippen LogP contribution in [0.15, 0.2) is 36.7 Å². The van der Waals surface area contributed by atoms with E-state index in [2.05, 4.69) is 15.3 Å². The Kier molecular flexibility index (Phi) is 3.97. The van der Waals surface area contributed by atoms with Gasteiger partial charge in [-0.1, -0.05) is 18.2 Å². The number of rotatable bonds is 6. The maximum absolute atomic E-state index is 9.01. The number of benzene rings is 1. The van der Waals surface area contributed by atoms with Crippen LogP contribution in [0.3, 0.4) is 0 Å². The zero-order valence-corrected chi connectivity index (χ0v) is 11.6. The zero-order valence-electron chi connectivity index (χ0n) is 11.6. The molecule has 0 atom stereocenters. The van der Waals surface area contributed by atoms with Gasteiger partial charge in [-0.25, -0.2) is 9.97 Å². The lowest BCUT2D eigenvalue weighted by Crippen LogP contribution is -2.07. The van der Waals surface area contributed by atoms with Crippen LogP contribution < -0.4 is 10.1 Å². The van der Waals surface area contributed by atoms with Crippen molar-refractivity contribution in [3.05, 3.63) is 47.9 Å². The third-order valence-electron chi connectivity index (χ3n) is 3.39. The van der Waals surface area contributed by atoms with E-state index < -0.39 is 0 Å². The summed E-state index contributed by atoms with van der Waals surface area (Å²) in [5, 5.41) is 12.2. The maximum Gasteiger partial charge on any atom is 0.182 e. The fraction of sp³-hybridized carbons (Fsp3) is 0.312. The molecule has 0 spiro atoms. The van der Waals surface area contributed by atoms with Crippen LogP contribution in [-0.4, -0.2) is 16.6 Å². The fourth-order valence-corrected chi connectivity index (χ4v) is 2.01. The molecule has 1 aliphatic carbocycles. The van der Waals surface area contributed by atoms with Crippen molar-refractivity contribution in [2.75, 3.05) is 11.9 Å². The molecule has 0 amide bonds. The molecule has 5 heteroatoms.